The van der Waals surface area contributed by atoms with Crippen molar-refractivity contribution >= 4 is 5.97 Å². The smallest absolute Gasteiger partial charge is 0.323 e. The van der Waals surface area contributed by atoms with Crippen molar-refractivity contribution < 1.29 is 9.90 Å². The van der Waals surface area contributed by atoms with Crippen molar-refractivity contribution in [2.24, 2.45) is 17.1 Å². The highest BCUT2D eigenvalue weighted by atomic mass is 16.4. The van der Waals surface area contributed by atoms with E-state index < -0.39 is 11.5 Å². The zero-order valence-electron chi connectivity index (χ0n) is 9.22. The molecule has 0 saturated carbocycles. The molecule has 0 spiro atoms. The molecule has 3 nitrogen and oxygen atoms in total. The van der Waals surface area contributed by atoms with E-state index in [4.69, 9.17) is 10.8 Å². The average Bonchev–Trinajstić information content (AvgIpc) is 1.82. The Kier molecular flexibility index (Phi) is 3.50. The second-order valence-corrected chi connectivity index (χ2v) is 5.25. The number of aliphatic carboxylic acids is 1. The molecule has 0 aromatic rings. The van der Waals surface area contributed by atoms with Gasteiger partial charge in [-0.2, -0.15) is 0 Å². The fourth-order valence-corrected chi connectivity index (χ4v) is 1.34. The SMILES string of the molecule is CC(CC(C)(C)C)C(C)(N)C(=O)O. The van der Waals surface area contributed by atoms with Gasteiger partial charge in [-0.3, -0.25) is 4.79 Å². The number of carbonyl (C=O) groups is 1. The Balaban J connectivity index is 4.43. The standard InChI is InChI=1S/C10H21NO2/c1-7(6-9(2,3)4)10(5,11)8(12)13/h7H,6,11H2,1-5H3,(H,12,13). The number of hydrogen-bond donors (Lipinski definition) is 2. The van der Waals surface area contributed by atoms with Crippen molar-refractivity contribution in [3.05, 3.63) is 0 Å². The van der Waals surface area contributed by atoms with Crippen LogP contribution in [0.4, 0.5) is 0 Å². The van der Waals surface area contributed by atoms with E-state index in [1.54, 1.807) is 6.92 Å². The highest BCUT2D eigenvalue weighted by Crippen LogP contribution is 2.29. The van der Waals surface area contributed by atoms with Gasteiger partial charge in [-0.15, -0.1) is 0 Å². The first kappa shape index (κ1) is 12.4. The number of hydrogen-bond acceptors (Lipinski definition) is 2. The van der Waals surface area contributed by atoms with Crippen LogP contribution in [0.2, 0.25) is 0 Å². The molecule has 0 fully saturated rings. The largest absolute Gasteiger partial charge is 0.480 e. The molecule has 0 amide bonds. The molecular formula is C10H21NO2. The minimum atomic E-state index is -1.12. The first-order valence-corrected chi connectivity index (χ1v) is 4.59. The number of nitrogens with two attached hydrogens (primary N) is 1. The van der Waals surface area contributed by atoms with Crippen LogP contribution >= 0.6 is 0 Å². The molecule has 0 heterocycles. The predicted molar refractivity (Wildman–Crippen MR) is 53.5 cm³/mol. The Morgan fingerprint density at radius 1 is 1.38 bits per heavy atom. The van der Waals surface area contributed by atoms with E-state index in [0.717, 1.165) is 6.42 Å². The normalized spacial score (nSPS) is 19.2. The zero-order chi connectivity index (χ0) is 10.9. The fourth-order valence-electron chi connectivity index (χ4n) is 1.34. The molecule has 0 saturated heterocycles. The van der Waals surface area contributed by atoms with Crippen molar-refractivity contribution in [3.8, 4) is 0 Å². The summed E-state index contributed by atoms with van der Waals surface area (Å²) in [5.74, 6) is -0.950. The summed E-state index contributed by atoms with van der Waals surface area (Å²) in [6, 6.07) is 0. The van der Waals surface area contributed by atoms with E-state index in [0.29, 0.717) is 0 Å². The van der Waals surface area contributed by atoms with Gasteiger partial charge in [0, 0.05) is 0 Å². The molecule has 0 aliphatic carbocycles. The van der Waals surface area contributed by atoms with Crippen molar-refractivity contribution in [1.29, 1.82) is 0 Å². The quantitative estimate of drug-likeness (QED) is 0.709. The van der Waals surface area contributed by atoms with Crippen LogP contribution in [0, 0.1) is 11.3 Å². The van der Waals surface area contributed by atoms with Crippen LogP contribution in [0.5, 0.6) is 0 Å². The summed E-state index contributed by atoms with van der Waals surface area (Å²) in [5, 5.41) is 8.88. The molecule has 0 aromatic heterocycles. The lowest BCUT2D eigenvalue weighted by atomic mass is 9.76. The third kappa shape index (κ3) is 3.77. The van der Waals surface area contributed by atoms with Crippen LogP contribution in [0.15, 0.2) is 0 Å². The van der Waals surface area contributed by atoms with E-state index in [1.807, 2.05) is 6.92 Å². The monoisotopic (exact) mass is 187 g/mol. The van der Waals surface area contributed by atoms with Crippen LogP contribution in [-0.2, 0) is 4.79 Å². The van der Waals surface area contributed by atoms with Gasteiger partial charge in [0.15, 0.2) is 0 Å². The lowest BCUT2D eigenvalue weighted by Crippen LogP contribution is -2.51. The van der Waals surface area contributed by atoms with Gasteiger partial charge in [-0.1, -0.05) is 27.7 Å². The number of rotatable bonds is 3. The Morgan fingerprint density at radius 3 is 2.00 bits per heavy atom. The topological polar surface area (TPSA) is 63.3 Å². The summed E-state index contributed by atoms with van der Waals surface area (Å²) >= 11 is 0. The van der Waals surface area contributed by atoms with Gasteiger partial charge in [-0.25, -0.2) is 0 Å². The van der Waals surface area contributed by atoms with Gasteiger partial charge in [0.05, 0.1) is 0 Å². The average molecular weight is 187 g/mol. The van der Waals surface area contributed by atoms with Gasteiger partial charge in [0.1, 0.15) is 5.54 Å². The summed E-state index contributed by atoms with van der Waals surface area (Å²) < 4.78 is 0. The van der Waals surface area contributed by atoms with Crippen LogP contribution in [0.3, 0.4) is 0 Å². The minimum absolute atomic E-state index is 0.0231. The van der Waals surface area contributed by atoms with E-state index in [9.17, 15) is 4.79 Å². The van der Waals surface area contributed by atoms with E-state index >= 15 is 0 Å². The maximum atomic E-state index is 10.8. The summed E-state index contributed by atoms with van der Waals surface area (Å²) in [4.78, 5) is 10.8. The molecule has 0 aliphatic rings. The van der Waals surface area contributed by atoms with Crippen molar-refractivity contribution in [2.45, 2.75) is 46.6 Å². The Hall–Kier alpha value is -0.570. The van der Waals surface area contributed by atoms with Crippen molar-refractivity contribution in [1.82, 2.24) is 0 Å². The first-order valence-electron chi connectivity index (χ1n) is 4.59. The van der Waals surface area contributed by atoms with E-state index in [2.05, 4.69) is 20.8 Å². The molecule has 2 unspecified atom stereocenters. The lowest BCUT2D eigenvalue weighted by molar-refractivity contribution is -0.144. The maximum Gasteiger partial charge on any atom is 0.323 e. The molecule has 0 aromatic carbocycles. The van der Waals surface area contributed by atoms with Crippen molar-refractivity contribution in [2.75, 3.05) is 0 Å². The maximum absolute atomic E-state index is 10.8. The molecule has 0 radical (unpaired) electrons. The number of carboxylic acid groups (broad SMARTS) is 1. The van der Waals surface area contributed by atoms with Crippen LogP contribution < -0.4 is 5.73 Å². The summed E-state index contributed by atoms with van der Waals surface area (Å²) in [6.07, 6.45) is 0.812. The molecule has 2 atom stereocenters. The highest BCUT2D eigenvalue weighted by molar-refractivity contribution is 5.78. The Bertz CT molecular complexity index is 192. The van der Waals surface area contributed by atoms with Gasteiger partial charge in [0.2, 0.25) is 0 Å². The summed E-state index contributed by atoms with van der Waals surface area (Å²) in [6.45, 7) is 9.72. The number of carboxylic acids is 1. The lowest BCUT2D eigenvalue weighted by Gasteiger charge is -2.32. The van der Waals surface area contributed by atoms with Crippen LogP contribution in [0.1, 0.15) is 41.0 Å². The van der Waals surface area contributed by atoms with E-state index in [-0.39, 0.29) is 11.3 Å². The molecule has 78 valence electrons. The molecular weight excluding hydrogens is 166 g/mol. The fraction of sp³-hybridized carbons (Fsp3) is 0.900. The molecule has 0 aliphatic heterocycles. The summed E-state index contributed by atoms with van der Waals surface area (Å²) in [5.41, 5.74) is 4.71. The highest BCUT2D eigenvalue weighted by Gasteiger charge is 2.36. The molecule has 0 rings (SSSR count). The second kappa shape index (κ2) is 3.66. The molecule has 3 heteroatoms. The van der Waals surface area contributed by atoms with E-state index in [1.165, 1.54) is 0 Å². The molecule has 3 N–H and O–H groups in total. The first-order chi connectivity index (χ1) is 5.57. The predicted octanol–water partition coefficient (Wildman–Crippen LogP) is 1.86. The van der Waals surface area contributed by atoms with Gasteiger partial charge in [-0.05, 0) is 24.7 Å². The third-order valence-corrected chi connectivity index (χ3v) is 2.40. The van der Waals surface area contributed by atoms with Gasteiger partial charge in [0.25, 0.3) is 0 Å². The Labute approximate surface area is 80.3 Å². The molecule has 13 heavy (non-hydrogen) atoms. The third-order valence-electron chi connectivity index (χ3n) is 2.40. The summed E-state index contributed by atoms with van der Waals surface area (Å²) in [7, 11) is 0. The molecule has 0 bridgehead atoms. The second-order valence-electron chi connectivity index (χ2n) is 5.25. The zero-order valence-corrected chi connectivity index (χ0v) is 9.22. The van der Waals surface area contributed by atoms with Gasteiger partial charge < -0.3 is 10.8 Å². The minimum Gasteiger partial charge on any atom is -0.480 e. The van der Waals surface area contributed by atoms with Crippen LogP contribution in [-0.4, -0.2) is 16.6 Å². The van der Waals surface area contributed by atoms with Crippen LogP contribution in [0.25, 0.3) is 0 Å². The van der Waals surface area contributed by atoms with Crippen molar-refractivity contribution in [3.63, 3.8) is 0 Å². The van der Waals surface area contributed by atoms with Gasteiger partial charge >= 0.3 is 5.97 Å². The Morgan fingerprint density at radius 2 is 1.77 bits per heavy atom.